The number of phenols is 2. The van der Waals surface area contributed by atoms with E-state index in [0.717, 1.165) is 23.5 Å². The summed E-state index contributed by atoms with van der Waals surface area (Å²) in [5.41, 5.74) is -0.0953. The van der Waals surface area contributed by atoms with Crippen LogP contribution in [-0.4, -0.2) is 69.3 Å². The Bertz CT molecular complexity index is 591. The molecule has 1 atom stereocenters. The minimum absolute atomic E-state index is 0.0442. The number of phenolic OH excluding ortho intramolecular Hbond substituents is 2. The summed E-state index contributed by atoms with van der Waals surface area (Å²) >= 11 is 1.72. The number of aliphatic hydroxyl groups is 2. The maximum atomic E-state index is 11.8. The summed E-state index contributed by atoms with van der Waals surface area (Å²) in [6.07, 6.45) is 1.32. The minimum atomic E-state index is -0.894. The van der Waals surface area contributed by atoms with Crippen LogP contribution in [0.2, 0.25) is 0 Å². The second-order valence-corrected chi connectivity index (χ2v) is 8.61. The Morgan fingerprint density at radius 2 is 2.00 bits per heavy atom. The number of thioether (sulfide) groups is 1. The van der Waals surface area contributed by atoms with E-state index in [1.807, 2.05) is 0 Å². The van der Waals surface area contributed by atoms with Crippen molar-refractivity contribution in [3.05, 3.63) is 23.8 Å². The van der Waals surface area contributed by atoms with Gasteiger partial charge in [-0.25, -0.2) is 0 Å². The third-order valence-electron chi connectivity index (χ3n) is 3.87. The molecule has 0 radical (unpaired) electrons. The molecule has 0 bridgehead atoms. The van der Waals surface area contributed by atoms with Crippen molar-refractivity contribution in [3.63, 3.8) is 0 Å². The molecule has 0 spiro atoms. The monoisotopic (exact) mass is 415 g/mol. The van der Waals surface area contributed by atoms with Crippen LogP contribution in [0.5, 0.6) is 11.5 Å². The van der Waals surface area contributed by atoms with Crippen molar-refractivity contribution in [2.45, 2.75) is 51.2 Å². The van der Waals surface area contributed by atoms with E-state index in [4.69, 9.17) is 4.74 Å². The van der Waals surface area contributed by atoms with Crippen molar-refractivity contribution in [1.29, 1.82) is 0 Å². The van der Waals surface area contributed by atoms with E-state index in [9.17, 15) is 25.2 Å². The summed E-state index contributed by atoms with van der Waals surface area (Å²) in [4.78, 5) is 11.8. The molecule has 1 amide bonds. The number of hydrogen-bond acceptors (Lipinski definition) is 7. The zero-order chi connectivity index (χ0) is 21.0. The Morgan fingerprint density at radius 3 is 2.68 bits per heavy atom. The Hall–Kier alpha value is -1.48. The molecule has 1 rings (SSSR count). The second-order valence-electron chi connectivity index (χ2n) is 7.38. The summed E-state index contributed by atoms with van der Waals surface area (Å²) in [6.45, 7) is 4.69. The van der Waals surface area contributed by atoms with Crippen LogP contribution < -0.4 is 5.32 Å². The van der Waals surface area contributed by atoms with Gasteiger partial charge in [-0.05, 0) is 50.1 Å². The van der Waals surface area contributed by atoms with Gasteiger partial charge in [-0.2, -0.15) is 11.8 Å². The van der Waals surface area contributed by atoms with Gasteiger partial charge in [0.1, 0.15) is 0 Å². The zero-order valence-corrected chi connectivity index (χ0v) is 17.5. The molecular weight excluding hydrogens is 382 g/mol. The molecule has 1 unspecified atom stereocenters. The van der Waals surface area contributed by atoms with Gasteiger partial charge in [0.25, 0.3) is 0 Å². The quantitative estimate of drug-likeness (QED) is 0.232. The van der Waals surface area contributed by atoms with Gasteiger partial charge >= 0.3 is 0 Å². The molecular formula is C20H33NO6S. The molecule has 28 heavy (non-hydrogen) atoms. The first-order valence-electron chi connectivity index (χ1n) is 9.51. The fraction of sp³-hybridized carbons (Fsp3) is 0.650. The average molecular weight is 416 g/mol. The zero-order valence-electron chi connectivity index (χ0n) is 16.7. The molecule has 0 aliphatic heterocycles. The van der Waals surface area contributed by atoms with Crippen molar-refractivity contribution in [3.8, 4) is 11.5 Å². The number of nitrogens with one attached hydrogen (secondary N) is 1. The van der Waals surface area contributed by atoms with E-state index in [0.29, 0.717) is 26.0 Å². The van der Waals surface area contributed by atoms with Crippen molar-refractivity contribution < 1.29 is 30.0 Å². The largest absolute Gasteiger partial charge is 0.504 e. The van der Waals surface area contributed by atoms with E-state index in [1.165, 1.54) is 12.1 Å². The molecule has 8 heteroatoms. The summed E-state index contributed by atoms with van der Waals surface area (Å²) in [6, 6.07) is 4.56. The lowest BCUT2D eigenvalue weighted by atomic mass is 10.0. The molecule has 0 saturated carbocycles. The number of aliphatic hydroxyl groups excluding tert-OH is 1. The highest BCUT2D eigenvalue weighted by molar-refractivity contribution is 7.99. The summed E-state index contributed by atoms with van der Waals surface area (Å²) in [7, 11) is 0. The molecule has 0 heterocycles. The second kappa shape index (κ2) is 12.9. The molecule has 0 aliphatic rings. The van der Waals surface area contributed by atoms with Crippen LogP contribution in [0.3, 0.4) is 0 Å². The van der Waals surface area contributed by atoms with Gasteiger partial charge in [-0.3, -0.25) is 4.79 Å². The van der Waals surface area contributed by atoms with Crippen molar-refractivity contribution in [2.75, 3.05) is 31.3 Å². The number of amides is 1. The van der Waals surface area contributed by atoms with Gasteiger partial charge in [-0.1, -0.05) is 6.07 Å². The van der Waals surface area contributed by atoms with Crippen molar-refractivity contribution >= 4 is 17.7 Å². The Morgan fingerprint density at radius 1 is 1.25 bits per heavy atom. The van der Waals surface area contributed by atoms with Crippen LogP contribution in [0, 0.1) is 0 Å². The number of rotatable bonds is 14. The predicted molar refractivity (Wildman–Crippen MR) is 111 cm³/mol. The van der Waals surface area contributed by atoms with Crippen LogP contribution in [-0.2, 0) is 16.0 Å². The standard InChI is InChI=1S/C20H33NO6S/c1-20(2,26)13-16(22)14-27-9-3-10-28-11-8-21-19(25)7-5-15-4-6-17(23)18(24)12-15/h4,6,12,16,22-24,26H,3,5,7-11,13-14H2,1-2H3,(H,21,25). The maximum Gasteiger partial charge on any atom is 0.220 e. The molecule has 160 valence electrons. The van der Waals surface area contributed by atoms with Crippen molar-refractivity contribution in [1.82, 2.24) is 5.32 Å². The first kappa shape index (κ1) is 24.6. The van der Waals surface area contributed by atoms with E-state index in [1.54, 1.807) is 31.7 Å². The van der Waals surface area contributed by atoms with Crippen LogP contribution in [0.15, 0.2) is 18.2 Å². The van der Waals surface area contributed by atoms with E-state index in [2.05, 4.69) is 5.32 Å². The molecule has 7 nitrogen and oxygen atoms in total. The average Bonchev–Trinajstić information content (AvgIpc) is 2.59. The van der Waals surface area contributed by atoms with Gasteiger partial charge in [-0.15, -0.1) is 0 Å². The van der Waals surface area contributed by atoms with Crippen molar-refractivity contribution in [2.24, 2.45) is 0 Å². The fourth-order valence-corrected chi connectivity index (χ4v) is 3.33. The molecule has 5 N–H and O–H groups in total. The van der Waals surface area contributed by atoms with Gasteiger partial charge < -0.3 is 30.5 Å². The fourth-order valence-electron chi connectivity index (χ4n) is 2.55. The minimum Gasteiger partial charge on any atom is -0.504 e. The molecule has 1 aromatic rings. The number of carbonyl (C=O) groups excluding carboxylic acids is 1. The lowest BCUT2D eigenvalue weighted by Gasteiger charge is -2.21. The third-order valence-corrected chi connectivity index (χ3v) is 4.94. The van der Waals surface area contributed by atoms with E-state index >= 15 is 0 Å². The number of aryl methyl sites for hydroxylation is 1. The molecule has 0 aromatic heterocycles. The van der Waals surface area contributed by atoms with E-state index in [-0.39, 0.29) is 30.4 Å². The predicted octanol–water partition coefficient (Wildman–Crippen LogP) is 1.81. The summed E-state index contributed by atoms with van der Waals surface area (Å²) < 4.78 is 5.40. The first-order valence-corrected chi connectivity index (χ1v) is 10.7. The van der Waals surface area contributed by atoms with Crippen LogP contribution in [0.4, 0.5) is 0 Å². The highest BCUT2D eigenvalue weighted by Gasteiger charge is 2.18. The SMILES string of the molecule is CC(C)(O)CC(O)COCCCSCCNC(=O)CCc1ccc(O)c(O)c1. The lowest BCUT2D eigenvalue weighted by molar-refractivity contribution is -0.120. The third kappa shape index (κ3) is 12.1. The normalized spacial score (nSPS) is 12.7. The van der Waals surface area contributed by atoms with Gasteiger partial charge in [0, 0.05) is 31.7 Å². The molecule has 0 fully saturated rings. The number of ether oxygens (including phenoxy) is 1. The van der Waals surface area contributed by atoms with Gasteiger partial charge in [0.15, 0.2) is 11.5 Å². The number of carbonyl (C=O) groups is 1. The summed E-state index contributed by atoms with van der Waals surface area (Å²) in [5, 5.41) is 40.8. The van der Waals surface area contributed by atoms with E-state index < -0.39 is 11.7 Å². The van der Waals surface area contributed by atoms with Gasteiger partial charge in [0.05, 0.1) is 18.3 Å². The number of hydrogen-bond donors (Lipinski definition) is 5. The van der Waals surface area contributed by atoms with Crippen LogP contribution in [0.1, 0.15) is 38.7 Å². The number of benzene rings is 1. The number of aromatic hydroxyl groups is 2. The Labute approximate surface area is 171 Å². The maximum absolute atomic E-state index is 11.8. The Kier molecular flexibility index (Phi) is 11.3. The Balaban J connectivity index is 1.96. The topological polar surface area (TPSA) is 119 Å². The smallest absolute Gasteiger partial charge is 0.220 e. The molecule has 0 saturated heterocycles. The molecule has 1 aromatic carbocycles. The highest BCUT2D eigenvalue weighted by Crippen LogP contribution is 2.25. The summed E-state index contributed by atoms with van der Waals surface area (Å²) in [5.74, 6) is 1.33. The van der Waals surface area contributed by atoms with Crippen LogP contribution >= 0.6 is 11.8 Å². The van der Waals surface area contributed by atoms with Gasteiger partial charge in [0.2, 0.25) is 5.91 Å². The van der Waals surface area contributed by atoms with Crippen LogP contribution in [0.25, 0.3) is 0 Å². The first-order chi connectivity index (χ1) is 13.2. The lowest BCUT2D eigenvalue weighted by Crippen LogP contribution is -2.29. The highest BCUT2D eigenvalue weighted by atomic mass is 32.2. The molecule has 0 aliphatic carbocycles.